The first-order chi connectivity index (χ1) is 6.99. The van der Waals surface area contributed by atoms with Gasteiger partial charge in [-0.25, -0.2) is 9.18 Å². The predicted molar refractivity (Wildman–Crippen MR) is 52.9 cm³/mol. The highest BCUT2D eigenvalue weighted by molar-refractivity contribution is 6.03. The van der Waals surface area contributed by atoms with Gasteiger partial charge in [-0.3, -0.25) is 10.3 Å². The lowest BCUT2D eigenvalue weighted by Gasteiger charge is -2.23. The van der Waals surface area contributed by atoms with Crippen LogP contribution in [0.25, 0.3) is 0 Å². The maximum atomic E-state index is 13.0. The second kappa shape index (κ2) is 4.29. The van der Waals surface area contributed by atoms with Crippen LogP contribution < -0.4 is 5.73 Å². The summed E-state index contributed by atoms with van der Waals surface area (Å²) in [5.41, 5.74) is 4.95. The third kappa shape index (κ3) is 2.08. The minimum atomic E-state index is -0.931. The van der Waals surface area contributed by atoms with Crippen LogP contribution in [0.5, 0.6) is 0 Å². The van der Waals surface area contributed by atoms with E-state index in [0.29, 0.717) is 6.20 Å². The van der Waals surface area contributed by atoms with Crippen LogP contribution in [-0.4, -0.2) is 29.5 Å². The normalized spacial score (nSPS) is 22.1. The topological polar surface area (TPSA) is 79.4 Å². The van der Waals surface area contributed by atoms with Gasteiger partial charge in [0.05, 0.1) is 6.04 Å². The van der Waals surface area contributed by atoms with Gasteiger partial charge in [0.15, 0.2) is 11.7 Å². The summed E-state index contributed by atoms with van der Waals surface area (Å²) in [6.45, 7) is 3.92. The third-order valence-electron chi connectivity index (χ3n) is 2.29. The van der Waals surface area contributed by atoms with Gasteiger partial charge in [-0.05, 0) is 5.92 Å². The van der Waals surface area contributed by atoms with Gasteiger partial charge in [0.1, 0.15) is 6.61 Å². The van der Waals surface area contributed by atoms with Crippen LogP contribution in [0, 0.1) is 11.3 Å². The molecule has 1 rings (SSSR count). The number of hydrogen-bond acceptors (Lipinski definition) is 4. The summed E-state index contributed by atoms with van der Waals surface area (Å²) in [7, 11) is 0. The Kier molecular flexibility index (Phi) is 3.28. The molecular formula is C9H14FN3O2. The van der Waals surface area contributed by atoms with Crippen molar-refractivity contribution in [2.75, 3.05) is 6.61 Å². The van der Waals surface area contributed by atoms with Crippen molar-refractivity contribution in [2.45, 2.75) is 19.9 Å². The van der Waals surface area contributed by atoms with Gasteiger partial charge in [0, 0.05) is 6.20 Å². The molecule has 0 unspecified atom stereocenters. The minimum absolute atomic E-state index is 0.0855. The summed E-state index contributed by atoms with van der Waals surface area (Å²) in [5, 5.41) is 7.45. The van der Waals surface area contributed by atoms with Gasteiger partial charge in [-0.15, -0.1) is 0 Å². The lowest BCUT2D eigenvalue weighted by atomic mass is 10.0. The number of rotatable bonds is 2. The Hall–Kier alpha value is -1.59. The number of nitrogens with two attached hydrogens (primary N) is 1. The number of carbonyl (C=O) groups is 1. The molecule has 1 aliphatic heterocycles. The molecule has 3 N–H and O–H groups in total. The summed E-state index contributed by atoms with van der Waals surface area (Å²) in [6, 6.07) is -0.310. The van der Waals surface area contributed by atoms with E-state index in [-0.39, 0.29) is 18.6 Å². The van der Waals surface area contributed by atoms with Crippen LogP contribution >= 0.6 is 0 Å². The number of halogens is 1. The maximum absolute atomic E-state index is 13.0. The number of amidine groups is 1. The minimum Gasteiger partial charge on any atom is -0.447 e. The van der Waals surface area contributed by atoms with E-state index in [9.17, 15) is 9.18 Å². The summed E-state index contributed by atoms with van der Waals surface area (Å²) in [4.78, 5) is 12.3. The largest absolute Gasteiger partial charge is 0.447 e. The van der Waals surface area contributed by atoms with Crippen LogP contribution in [-0.2, 0) is 4.74 Å². The fourth-order valence-electron chi connectivity index (χ4n) is 1.38. The number of nitrogens with zero attached hydrogens (tertiary/aromatic N) is 1. The fraction of sp³-hybridized carbons (Fsp3) is 0.556. The first-order valence-electron chi connectivity index (χ1n) is 4.61. The van der Waals surface area contributed by atoms with Crippen molar-refractivity contribution in [3.63, 3.8) is 0 Å². The smallest absolute Gasteiger partial charge is 0.416 e. The maximum Gasteiger partial charge on any atom is 0.416 e. The first kappa shape index (κ1) is 11.5. The lowest BCUT2D eigenvalue weighted by Crippen LogP contribution is -2.41. The van der Waals surface area contributed by atoms with Crippen LogP contribution in [0.1, 0.15) is 13.8 Å². The van der Waals surface area contributed by atoms with E-state index in [2.05, 4.69) is 0 Å². The van der Waals surface area contributed by atoms with Gasteiger partial charge in [-0.2, -0.15) is 0 Å². The van der Waals surface area contributed by atoms with Gasteiger partial charge in [-0.1, -0.05) is 13.8 Å². The molecule has 0 aromatic heterocycles. The number of amides is 1. The van der Waals surface area contributed by atoms with E-state index >= 15 is 0 Å². The summed E-state index contributed by atoms with van der Waals surface area (Å²) in [6.07, 6.45) is -0.0404. The van der Waals surface area contributed by atoms with Crippen molar-refractivity contribution in [3.8, 4) is 0 Å². The third-order valence-corrected chi connectivity index (χ3v) is 2.29. The van der Waals surface area contributed by atoms with E-state index in [1.54, 1.807) is 0 Å². The average molecular weight is 215 g/mol. The van der Waals surface area contributed by atoms with Crippen molar-refractivity contribution in [3.05, 3.63) is 12.0 Å². The van der Waals surface area contributed by atoms with Crippen LogP contribution in [0.3, 0.4) is 0 Å². The Morgan fingerprint density at radius 2 is 2.40 bits per heavy atom. The zero-order valence-electron chi connectivity index (χ0n) is 8.66. The molecule has 0 spiro atoms. The van der Waals surface area contributed by atoms with E-state index in [1.807, 2.05) is 13.8 Å². The molecule has 1 aliphatic rings. The molecule has 0 bridgehead atoms. The van der Waals surface area contributed by atoms with E-state index in [1.165, 1.54) is 0 Å². The zero-order chi connectivity index (χ0) is 11.6. The number of ether oxygens (including phenoxy) is 1. The highest BCUT2D eigenvalue weighted by atomic mass is 19.1. The molecule has 6 heteroatoms. The molecule has 1 saturated heterocycles. The quantitative estimate of drug-likeness (QED) is 0.536. The highest BCUT2D eigenvalue weighted by Gasteiger charge is 2.38. The van der Waals surface area contributed by atoms with Gasteiger partial charge in [0.25, 0.3) is 0 Å². The van der Waals surface area contributed by atoms with E-state index < -0.39 is 17.8 Å². The average Bonchev–Trinajstić information content (AvgIpc) is 2.58. The summed E-state index contributed by atoms with van der Waals surface area (Å²) < 4.78 is 17.8. The van der Waals surface area contributed by atoms with Gasteiger partial charge >= 0.3 is 6.09 Å². The SMILES string of the molecule is CC(C)[C@H]1COC(=O)N1C(=N)/C(F)=C\N. The molecule has 5 nitrogen and oxygen atoms in total. The lowest BCUT2D eigenvalue weighted by molar-refractivity contribution is 0.168. The fourth-order valence-corrected chi connectivity index (χ4v) is 1.38. The van der Waals surface area contributed by atoms with Crippen molar-refractivity contribution in [1.82, 2.24) is 4.90 Å². The van der Waals surface area contributed by atoms with E-state index in [4.69, 9.17) is 15.9 Å². The van der Waals surface area contributed by atoms with E-state index in [0.717, 1.165) is 4.90 Å². The van der Waals surface area contributed by atoms with Crippen LogP contribution in [0.4, 0.5) is 9.18 Å². The predicted octanol–water partition coefficient (Wildman–Crippen LogP) is 1.21. The summed E-state index contributed by atoms with van der Waals surface area (Å²) >= 11 is 0. The van der Waals surface area contributed by atoms with Crippen molar-refractivity contribution in [1.29, 1.82) is 5.41 Å². The number of nitrogens with one attached hydrogen (secondary N) is 1. The molecule has 0 aromatic carbocycles. The Bertz CT molecular complexity index is 314. The molecule has 0 saturated carbocycles. The second-order valence-electron chi connectivity index (χ2n) is 3.62. The number of hydrogen-bond donors (Lipinski definition) is 2. The van der Waals surface area contributed by atoms with Gasteiger partial charge in [0.2, 0.25) is 0 Å². The molecule has 15 heavy (non-hydrogen) atoms. The Morgan fingerprint density at radius 3 is 2.87 bits per heavy atom. The zero-order valence-corrected chi connectivity index (χ0v) is 8.66. The first-order valence-corrected chi connectivity index (χ1v) is 4.61. The molecule has 1 heterocycles. The monoisotopic (exact) mass is 215 g/mol. The molecular weight excluding hydrogens is 201 g/mol. The molecule has 0 aromatic rings. The Labute approximate surface area is 87.2 Å². The standard InChI is InChI=1S/C9H14FN3O2/c1-5(2)7-4-15-9(14)13(7)8(12)6(10)3-11/h3,5,7,12H,4,11H2,1-2H3/b6-3+,12-8?/t7-/m1/s1. The molecule has 0 radical (unpaired) electrons. The highest BCUT2D eigenvalue weighted by Crippen LogP contribution is 2.21. The van der Waals surface area contributed by atoms with Crippen molar-refractivity contribution < 1.29 is 13.9 Å². The molecule has 1 atom stereocenters. The second-order valence-corrected chi connectivity index (χ2v) is 3.62. The van der Waals surface area contributed by atoms with Crippen LogP contribution in [0.2, 0.25) is 0 Å². The Morgan fingerprint density at radius 1 is 1.80 bits per heavy atom. The summed E-state index contributed by atoms with van der Waals surface area (Å²) in [5.74, 6) is -1.39. The molecule has 0 aliphatic carbocycles. The molecule has 84 valence electrons. The van der Waals surface area contributed by atoms with Gasteiger partial charge < -0.3 is 10.5 Å². The molecule has 1 amide bonds. The van der Waals surface area contributed by atoms with Crippen molar-refractivity contribution in [2.24, 2.45) is 11.7 Å². The molecule has 1 fully saturated rings. The Balaban J connectivity index is 2.90. The number of cyclic esters (lactones) is 1. The number of carbonyl (C=O) groups excluding carboxylic acids is 1. The van der Waals surface area contributed by atoms with Crippen LogP contribution in [0.15, 0.2) is 12.0 Å². The van der Waals surface area contributed by atoms with Crippen molar-refractivity contribution >= 4 is 11.9 Å².